The first-order chi connectivity index (χ1) is 17.1. The molecule has 4 saturated carbocycles. The summed E-state index contributed by atoms with van der Waals surface area (Å²) < 4.78 is 5.67. The molecule has 0 amide bonds. The minimum atomic E-state index is -1.13. The number of carbonyl (C=O) groups excluding carboxylic acids is 2. The molecular formula is C32H48O5. The first-order valence-electron chi connectivity index (χ1n) is 14.8. The molecule has 5 aliphatic rings. The number of esters is 1. The van der Waals surface area contributed by atoms with Gasteiger partial charge in [0, 0.05) is 17.3 Å². The fourth-order valence-corrected chi connectivity index (χ4v) is 10.5. The van der Waals surface area contributed by atoms with E-state index >= 15 is 0 Å². The average Bonchev–Trinajstić information content (AvgIpc) is 2.79. The predicted molar refractivity (Wildman–Crippen MR) is 143 cm³/mol. The van der Waals surface area contributed by atoms with E-state index in [1.54, 1.807) is 5.57 Å². The number of ether oxygens (including phenoxy) is 1. The number of carbonyl (C=O) groups is 3. The van der Waals surface area contributed by atoms with Crippen LogP contribution in [0, 0.1) is 50.7 Å². The molecule has 206 valence electrons. The summed E-state index contributed by atoms with van der Waals surface area (Å²) in [7, 11) is 0. The maximum absolute atomic E-state index is 12.9. The van der Waals surface area contributed by atoms with Crippen molar-refractivity contribution in [1.82, 2.24) is 0 Å². The van der Waals surface area contributed by atoms with Gasteiger partial charge >= 0.3 is 11.9 Å². The Hall–Kier alpha value is -1.65. The third-order valence-corrected chi connectivity index (χ3v) is 12.6. The first kappa shape index (κ1) is 26.9. The molecule has 37 heavy (non-hydrogen) atoms. The number of allylic oxidation sites excluding steroid dienone is 2. The summed E-state index contributed by atoms with van der Waals surface area (Å²) in [5.74, 6) is 0.703. The SMILES string of the molecule is CC1(C)CC[C@]2(COC(=O)CC(=O)O)CC[C@@H]3C(=CCC4[C@@]3(C)CC[C@H]3C(C)(C)C(=O)CC[C@]43C)C2C1. The molecule has 0 spiro atoms. The molecule has 0 saturated heterocycles. The van der Waals surface area contributed by atoms with Crippen LogP contribution in [0.3, 0.4) is 0 Å². The van der Waals surface area contributed by atoms with Crippen LogP contribution >= 0.6 is 0 Å². The number of carboxylic acid groups (broad SMARTS) is 1. The Labute approximate surface area is 223 Å². The summed E-state index contributed by atoms with van der Waals surface area (Å²) in [6.45, 7) is 14.6. The molecule has 2 unspecified atom stereocenters. The molecule has 0 heterocycles. The lowest BCUT2D eigenvalue weighted by Crippen LogP contribution is -2.61. The second kappa shape index (κ2) is 8.68. The van der Waals surface area contributed by atoms with Crippen LogP contribution in [-0.2, 0) is 19.1 Å². The topological polar surface area (TPSA) is 80.7 Å². The van der Waals surface area contributed by atoms with Crippen LogP contribution in [0.5, 0.6) is 0 Å². The maximum Gasteiger partial charge on any atom is 0.317 e. The lowest BCUT2D eigenvalue weighted by molar-refractivity contribution is -0.172. The fourth-order valence-electron chi connectivity index (χ4n) is 10.5. The Morgan fingerprint density at radius 3 is 2.35 bits per heavy atom. The number of ketones is 1. The molecule has 0 aromatic rings. The number of hydrogen-bond acceptors (Lipinski definition) is 4. The van der Waals surface area contributed by atoms with Gasteiger partial charge in [0.25, 0.3) is 0 Å². The van der Waals surface area contributed by atoms with Gasteiger partial charge < -0.3 is 9.84 Å². The zero-order chi connectivity index (χ0) is 27.0. The lowest BCUT2D eigenvalue weighted by Gasteiger charge is -2.67. The minimum absolute atomic E-state index is 0.0738. The predicted octanol–water partition coefficient (Wildman–Crippen LogP) is 6.99. The van der Waals surface area contributed by atoms with E-state index in [4.69, 9.17) is 9.84 Å². The number of aliphatic carboxylic acids is 1. The van der Waals surface area contributed by atoms with Crippen LogP contribution < -0.4 is 0 Å². The molecule has 7 atom stereocenters. The average molecular weight is 513 g/mol. The molecule has 5 nitrogen and oxygen atoms in total. The highest BCUT2D eigenvalue weighted by Gasteiger charge is 2.65. The third kappa shape index (κ3) is 4.13. The molecule has 5 aliphatic carbocycles. The summed E-state index contributed by atoms with van der Waals surface area (Å²) in [5.41, 5.74) is 1.99. The van der Waals surface area contributed by atoms with E-state index in [2.05, 4.69) is 47.6 Å². The van der Waals surface area contributed by atoms with E-state index in [1.165, 1.54) is 6.42 Å². The monoisotopic (exact) mass is 512 g/mol. The Morgan fingerprint density at radius 2 is 1.65 bits per heavy atom. The molecule has 1 N–H and O–H groups in total. The van der Waals surface area contributed by atoms with Gasteiger partial charge in [0.15, 0.2) is 0 Å². The lowest BCUT2D eigenvalue weighted by atomic mass is 9.37. The second-order valence-corrected chi connectivity index (χ2v) is 15.3. The van der Waals surface area contributed by atoms with Gasteiger partial charge in [-0.05, 0) is 97.7 Å². The fraction of sp³-hybridized carbons (Fsp3) is 0.844. The minimum Gasteiger partial charge on any atom is -0.481 e. The van der Waals surface area contributed by atoms with Gasteiger partial charge in [0.05, 0.1) is 6.61 Å². The van der Waals surface area contributed by atoms with Crippen molar-refractivity contribution in [2.24, 2.45) is 50.7 Å². The number of hydrogen-bond donors (Lipinski definition) is 1. The zero-order valence-electron chi connectivity index (χ0n) is 24.0. The summed E-state index contributed by atoms with van der Waals surface area (Å²) in [5, 5.41) is 9.03. The molecule has 0 radical (unpaired) electrons. The number of fused-ring (bicyclic) bond motifs is 7. The molecule has 0 aromatic heterocycles. The number of rotatable bonds is 4. The van der Waals surface area contributed by atoms with Crippen LogP contribution in [0.2, 0.25) is 0 Å². The molecule has 0 bridgehead atoms. The van der Waals surface area contributed by atoms with E-state index in [9.17, 15) is 14.4 Å². The van der Waals surface area contributed by atoms with Crippen molar-refractivity contribution < 1.29 is 24.2 Å². The van der Waals surface area contributed by atoms with Gasteiger partial charge in [0.1, 0.15) is 12.2 Å². The maximum atomic E-state index is 12.9. The quantitative estimate of drug-likeness (QED) is 0.249. The molecule has 0 aliphatic heterocycles. The molecular weight excluding hydrogens is 464 g/mol. The highest BCUT2D eigenvalue weighted by atomic mass is 16.5. The van der Waals surface area contributed by atoms with Gasteiger partial charge in [-0.1, -0.05) is 53.2 Å². The van der Waals surface area contributed by atoms with Crippen LogP contribution in [0.4, 0.5) is 0 Å². The normalized spacial score (nSPS) is 43.8. The van der Waals surface area contributed by atoms with Crippen molar-refractivity contribution >= 4 is 17.7 Å². The van der Waals surface area contributed by atoms with Crippen LogP contribution in [0.15, 0.2) is 11.6 Å². The van der Waals surface area contributed by atoms with Gasteiger partial charge in [0.2, 0.25) is 0 Å². The Morgan fingerprint density at radius 1 is 0.919 bits per heavy atom. The Kier molecular flexibility index (Phi) is 6.32. The largest absolute Gasteiger partial charge is 0.481 e. The van der Waals surface area contributed by atoms with Gasteiger partial charge in [-0.15, -0.1) is 0 Å². The highest BCUT2D eigenvalue weighted by molar-refractivity contribution is 5.90. The summed E-state index contributed by atoms with van der Waals surface area (Å²) >= 11 is 0. The van der Waals surface area contributed by atoms with Crippen LogP contribution in [0.25, 0.3) is 0 Å². The number of Topliss-reactive ketones (excluding diaryl/α,β-unsaturated/α-hetero) is 1. The van der Waals surface area contributed by atoms with Gasteiger partial charge in [-0.2, -0.15) is 0 Å². The number of carboxylic acids is 1. The zero-order valence-corrected chi connectivity index (χ0v) is 24.0. The van der Waals surface area contributed by atoms with Crippen LogP contribution in [-0.4, -0.2) is 29.4 Å². The summed E-state index contributed by atoms with van der Waals surface area (Å²) in [6.07, 6.45) is 12.6. The molecule has 4 fully saturated rings. The first-order valence-corrected chi connectivity index (χ1v) is 14.8. The van der Waals surface area contributed by atoms with E-state index < -0.39 is 18.4 Å². The van der Waals surface area contributed by atoms with Crippen molar-refractivity contribution in [3.05, 3.63) is 11.6 Å². The van der Waals surface area contributed by atoms with Crippen molar-refractivity contribution in [1.29, 1.82) is 0 Å². The second-order valence-electron chi connectivity index (χ2n) is 15.3. The third-order valence-electron chi connectivity index (χ3n) is 12.6. The van der Waals surface area contributed by atoms with Gasteiger partial charge in [-0.3, -0.25) is 14.4 Å². The molecule has 5 rings (SSSR count). The Balaban J connectivity index is 1.47. The molecule has 5 heteroatoms. The van der Waals surface area contributed by atoms with Crippen LogP contribution in [0.1, 0.15) is 112 Å². The highest BCUT2D eigenvalue weighted by Crippen LogP contribution is 2.71. The van der Waals surface area contributed by atoms with Crippen molar-refractivity contribution in [3.63, 3.8) is 0 Å². The standard InChI is InChI=1S/C32H48O5/c1-28(2)15-16-32(19-37-27(36)17-26(34)35)14-9-21-20(22(32)18-28)7-8-24-30(21,5)12-10-23-29(3,4)25(33)11-13-31(23,24)6/h7,21-24H,8-19H2,1-6H3,(H,34,35)/t21-,22?,23+,24?,30+,31+,32+/m1/s1. The summed E-state index contributed by atoms with van der Waals surface area (Å²) in [6, 6.07) is 0. The smallest absolute Gasteiger partial charge is 0.317 e. The van der Waals surface area contributed by atoms with E-state index in [0.29, 0.717) is 36.1 Å². The van der Waals surface area contributed by atoms with E-state index in [1.807, 2.05) is 0 Å². The Bertz CT molecular complexity index is 1020. The summed E-state index contributed by atoms with van der Waals surface area (Å²) in [4.78, 5) is 36.2. The van der Waals surface area contributed by atoms with E-state index in [0.717, 1.165) is 57.8 Å². The van der Waals surface area contributed by atoms with E-state index in [-0.39, 0.29) is 27.1 Å². The van der Waals surface area contributed by atoms with Gasteiger partial charge in [-0.25, -0.2) is 0 Å². The van der Waals surface area contributed by atoms with Crippen molar-refractivity contribution in [2.75, 3.05) is 6.61 Å². The molecule has 0 aromatic carbocycles. The van der Waals surface area contributed by atoms with Crippen molar-refractivity contribution in [3.8, 4) is 0 Å². The van der Waals surface area contributed by atoms with Crippen molar-refractivity contribution in [2.45, 2.75) is 112 Å².